The summed E-state index contributed by atoms with van der Waals surface area (Å²) in [5.41, 5.74) is 0.190. The van der Waals surface area contributed by atoms with Crippen LogP contribution in [0.3, 0.4) is 0 Å². The molecular weight excluding hydrogens is 430 g/mol. The first-order valence-corrected chi connectivity index (χ1v) is 9.41. The summed E-state index contributed by atoms with van der Waals surface area (Å²) in [6, 6.07) is 3.33. The molecule has 2 aromatic rings. The topological polar surface area (TPSA) is 91.6 Å². The molecule has 0 fully saturated rings. The van der Waals surface area contributed by atoms with Gasteiger partial charge in [0.1, 0.15) is 13.2 Å². The van der Waals surface area contributed by atoms with Gasteiger partial charge in [-0.15, -0.1) is 0 Å². The Hall–Kier alpha value is -2.81. The zero-order chi connectivity index (χ0) is 20.4. The Morgan fingerprint density at radius 3 is 2.54 bits per heavy atom. The quantitative estimate of drug-likeness (QED) is 0.714. The summed E-state index contributed by atoms with van der Waals surface area (Å²) in [7, 11) is 2.93. The van der Waals surface area contributed by atoms with Crippen LogP contribution in [-0.4, -0.2) is 28.3 Å². The van der Waals surface area contributed by atoms with Crippen LogP contribution in [0.5, 0.6) is 11.5 Å². The minimum Gasteiger partial charge on any atom is -0.486 e. The lowest BCUT2D eigenvalue weighted by molar-refractivity contribution is -0.117. The van der Waals surface area contributed by atoms with Crippen molar-refractivity contribution in [2.24, 2.45) is 14.1 Å². The fourth-order valence-corrected chi connectivity index (χ4v) is 3.53. The molecule has 1 N–H and O–H groups in total. The van der Waals surface area contributed by atoms with E-state index in [0.29, 0.717) is 24.7 Å². The number of hydrogen-bond donors (Lipinski definition) is 1. The Bertz CT molecular complexity index is 1070. The summed E-state index contributed by atoms with van der Waals surface area (Å²) >= 11 is 3.49. The second kappa shape index (κ2) is 8.05. The fraction of sp³-hybridized carbons (Fsp3) is 0.316. The van der Waals surface area contributed by atoms with Gasteiger partial charge in [0, 0.05) is 30.8 Å². The standard InChI is InChI=1S/C19H20BrN3O5/c1-11(13-8-15-16(9-14(13)20)28-7-6-27-15)21-17(24)5-4-12-10-22(2)19(26)23(3)18(12)25/h4-5,8-11H,6-7H2,1-3H3,(H,21,24)/b5-4+. The number of aromatic nitrogens is 2. The number of carbonyl (C=O) groups excluding carboxylic acids is 1. The molecule has 1 aromatic heterocycles. The number of rotatable bonds is 4. The smallest absolute Gasteiger partial charge is 0.330 e. The molecule has 1 atom stereocenters. The van der Waals surface area contributed by atoms with E-state index in [9.17, 15) is 14.4 Å². The van der Waals surface area contributed by atoms with Crippen LogP contribution in [0, 0.1) is 0 Å². The predicted molar refractivity (Wildman–Crippen MR) is 108 cm³/mol. The predicted octanol–water partition coefficient (Wildman–Crippen LogP) is 1.51. The van der Waals surface area contributed by atoms with Gasteiger partial charge in [-0.25, -0.2) is 4.79 Å². The molecule has 28 heavy (non-hydrogen) atoms. The maximum atomic E-state index is 12.3. The van der Waals surface area contributed by atoms with Crippen LogP contribution >= 0.6 is 15.9 Å². The number of hydrogen-bond acceptors (Lipinski definition) is 5. The second-order valence-electron chi connectivity index (χ2n) is 6.42. The van der Waals surface area contributed by atoms with E-state index in [2.05, 4.69) is 21.2 Å². The molecule has 1 unspecified atom stereocenters. The Morgan fingerprint density at radius 1 is 1.21 bits per heavy atom. The third-order valence-corrected chi connectivity index (χ3v) is 5.06. The molecule has 0 radical (unpaired) electrons. The largest absolute Gasteiger partial charge is 0.486 e. The molecule has 148 valence electrons. The van der Waals surface area contributed by atoms with Crippen LogP contribution in [0.1, 0.15) is 24.1 Å². The second-order valence-corrected chi connectivity index (χ2v) is 7.28. The van der Waals surface area contributed by atoms with Gasteiger partial charge in [-0.3, -0.25) is 14.2 Å². The van der Waals surface area contributed by atoms with Gasteiger partial charge in [-0.2, -0.15) is 0 Å². The summed E-state index contributed by atoms with van der Waals surface area (Å²) in [5, 5.41) is 2.84. The van der Waals surface area contributed by atoms with Gasteiger partial charge >= 0.3 is 5.69 Å². The van der Waals surface area contributed by atoms with Crippen LogP contribution < -0.4 is 26.0 Å². The summed E-state index contributed by atoms with van der Waals surface area (Å²) < 4.78 is 14.2. The normalized spacial score (nSPS) is 14.1. The molecule has 0 spiro atoms. The van der Waals surface area contributed by atoms with Crippen molar-refractivity contribution in [1.29, 1.82) is 0 Å². The summed E-state index contributed by atoms with van der Waals surface area (Å²) in [6.07, 6.45) is 4.06. The van der Waals surface area contributed by atoms with Crippen LogP contribution in [0.2, 0.25) is 0 Å². The Labute approximate surface area is 169 Å². The number of ether oxygens (including phenoxy) is 2. The molecule has 1 aromatic carbocycles. The zero-order valence-electron chi connectivity index (χ0n) is 15.7. The maximum Gasteiger partial charge on any atom is 0.330 e. The molecule has 0 saturated carbocycles. The van der Waals surface area contributed by atoms with E-state index in [4.69, 9.17) is 9.47 Å². The van der Waals surface area contributed by atoms with E-state index >= 15 is 0 Å². The van der Waals surface area contributed by atoms with Crippen molar-refractivity contribution >= 4 is 27.9 Å². The van der Waals surface area contributed by atoms with E-state index in [1.165, 1.54) is 30.0 Å². The van der Waals surface area contributed by atoms with Crippen molar-refractivity contribution in [2.75, 3.05) is 13.2 Å². The molecule has 1 aliphatic heterocycles. The third kappa shape index (κ3) is 4.04. The van der Waals surface area contributed by atoms with Gasteiger partial charge in [-0.1, -0.05) is 15.9 Å². The molecule has 9 heteroatoms. The highest BCUT2D eigenvalue weighted by Gasteiger charge is 2.18. The maximum absolute atomic E-state index is 12.3. The Balaban J connectivity index is 1.76. The van der Waals surface area contributed by atoms with E-state index < -0.39 is 11.2 Å². The van der Waals surface area contributed by atoms with Gasteiger partial charge in [0.2, 0.25) is 5.91 Å². The molecule has 3 rings (SSSR count). The van der Waals surface area contributed by atoms with E-state index in [0.717, 1.165) is 14.6 Å². The number of carbonyl (C=O) groups is 1. The summed E-state index contributed by atoms with van der Waals surface area (Å²) in [6.45, 7) is 2.82. The van der Waals surface area contributed by atoms with Crippen molar-refractivity contribution in [3.05, 3.63) is 60.8 Å². The van der Waals surface area contributed by atoms with Gasteiger partial charge in [0.05, 0.1) is 11.6 Å². The number of amides is 1. The minimum atomic E-state index is -0.463. The van der Waals surface area contributed by atoms with Gasteiger partial charge in [0.25, 0.3) is 5.56 Å². The molecule has 1 amide bonds. The average molecular weight is 450 g/mol. The van der Waals surface area contributed by atoms with E-state index in [1.807, 2.05) is 19.1 Å². The Kier molecular flexibility index (Phi) is 5.73. The molecule has 1 aliphatic rings. The monoisotopic (exact) mass is 449 g/mol. The van der Waals surface area contributed by atoms with Crippen LogP contribution in [0.4, 0.5) is 0 Å². The van der Waals surface area contributed by atoms with Crippen molar-refractivity contribution in [3.63, 3.8) is 0 Å². The fourth-order valence-electron chi connectivity index (χ4n) is 2.87. The van der Waals surface area contributed by atoms with Crippen molar-refractivity contribution in [3.8, 4) is 11.5 Å². The number of nitrogens with zero attached hydrogens (tertiary/aromatic N) is 2. The lowest BCUT2D eigenvalue weighted by atomic mass is 10.1. The first-order valence-electron chi connectivity index (χ1n) is 8.62. The van der Waals surface area contributed by atoms with Crippen molar-refractivity contribution in [1.82, 2.24) is 14.5 Å². The van der Waals surface area contributed by atoms with Crippen LogP contribution in [0.25, 0.3) is 6.08 Å². The molecule has 0 saturated heterocycles. The highest BCUT2D eigenvalue weighted by atomic mass is 79.9. The third-order valence-electron chi connectivity index (χ3n) is 4.37. The molecule has 0 aliphatic carbocycles. The number of nitrogens with one attached hydrogen (secondary N) is 1. The minimum absolute atomic E-state index is 0.243. The number of fused-ring (bicyclic) bond motifs is 1. The highest BCUT2D eigenvalue weighted by molar-refractivity contribution is 9.10. The first kappa shape index (κ1) is 19.9. The van der Waals surface area contributed by atoms with Gasteiger partial charge < -0.3 is 19.4 Å². The zero-order valence-corrected chi connectivity index (χ0v) is 17.3. The van der Waals surface area contributed by atoms with Crippen molar-refractivity contribution < 1.29 is 14.3 Å². The SMILES string of the molecule is CC(NC(=O)/C=C/c1cn(C)c(=O)n(C)c1=O)c1cc2c(cc1Br)OCCO2. The van der Waals surface area contributed by atoms with E-state index in [-0.39, 0.29) is 17.5 Å². The molecule has 8 nitrogen and oxygen atoms in total. The summed E-state index contributed by atoms with van der Waals surface area (Å²) in [4.78, 5) is 36.1. The van der Waals surface area contributed by atoms with Crippen LogP contribution in [-0.2, 0) is 18.9 Å². The van der Waals surface area contributed by atoms with Crippen molar-refractivity contribution in [2.45, 2.75) is 13.0 Å². The van der Waals surface area contributed by atoms with Crippen LogP contribution in [0.15, 0.2) is 38.5 Å². The number of benzene rings is 1. The summed E-state index contributed by atoms with van der Waals surface area (Å²) in [5.74, 6) is 0.922. The lowest BCUT2D eigenvalue weighted by Crippen LogP contribution is -2.37. The lowest BCUT2D eigenvalue weighted by Gasteiger charge is -2.22. The molecular formula is C19H20BrN3O5. The Morgan fingerprint density at radius 2 is 1.86 bits per heavy atom. The molecule has 2 heterocycles. The molecule has 0 bridgehead atoms. The van der Waals surface area contributed by atoms with Gasteiger partial charge in [-0.05, 0) is 30.7 Å². The van der Waals surface area contributed by atoms with E-state index in [1.54, 1.807) is 7.05 Å². The average Bonchev–Trinajstić information content (AvgIpc) is 2.67. The number of halogens is 1. The number of aryl methyl sites for hydroxylation is 1. The highest BCUT2D eigenvalue weighted by Crippen LogP contribution is 2.37. The van der Waals surface area contributed by atoms with Gasteiger partial charge in [0.15, 0.2) is 11.5 Å². The first-order chi connectivity index (χ1) is 13.3.